The van der Waals surface area contributed by atoms with Crippen LogP contribution in [0, 0.1) is 6.07 Å². The number of hydrogen-bond acceptors (Lipinski definition) is 2. The Hall–Kier alpha value is -2.19. The zero-order valence-corrected chi connectivity index (χ0v) is 10.9. The monoisotopic (exact) mass is 260 g/mol. The van der Waals surface area contributed by atoms with Crippen molar-refractivity contribution < 1.29 is 0 Å². The highest BCUT2D eigenvalue weighted by Gasteiger charge is 2.06. The molecule has 0 unspecified atom stereocenters. The SMILES string of the molecule is [c]1cc2sc3ccccc3c2cc1-c1cccnc1. The first-order chi connectivity index (χ1) is 9.42. The number of nitrogens with zero attached hydrogens (tertiary/aromatic N) is 1. The van der Waals surface area contributed by atoms with Crippen LogP contribution in [0.3, 0.4) is 0 Å². The third kappa shape index (κ3) is 1.72. The summed E-state index contributed by atoms with van der Waals surface area (Å²) in [4.78, 5) is 4.17. The van der Waals surface area contributed by atoms with Crippen LogP contribution in [-0.2, 0) is 0 Å². The standard InChI is InChI=1S/C17H10NS/c1-2-6-16-14(5-1)15-10-12(7-8-17(15)19-16)13-4-3-9-18-11-13/h1-6,8-11H. The molecule has 0 saturated carbocycles. The van der Waals surface area contributed by atoms with Gasteiger partial charge >= 0.3 is 0 Å². The molecule has 1 radical (unpaired) electrons. The summed E-state index contributed by atoms with van der Waals surface area (Å²) in [5.74, 6) is 0. The first-order valence-corrected chi connectivity index (χ1v) is 6.97. The van der Waals surface area contributed by atoms with E-state index in [0.29, 0.717) is 0 Å². The predicted octanol–water partition coefficient (Wildman–Crippen LogP) is 4.92. The normalized spacial score (nSPS) is 11.2. The third-order valence-electron chi connectivity index (χ3n) is 3.28. The lowest BCUT2D eigenvalue weighted by atomic mass is 10.0. The second-order valence-electron chi connectivity index (χ2n) is 4.46. The molecule has 0 spiro atoms. The summed E-state index contributed by atoms with van der Waals surface area (Å²) in [6.45, 7) is 0. The van der Waals surface area contributed by atoms with Crippen molar-refractivity contribution in [3.05, 3.63) is 67.0 Å². The Labute approximate surface area is 115 Å². The van der Waals surface area contributed by atoms with Gasteiger partial charge in [0.2, 0.25) is 0 Å². The van der Waals surface area contributed by atoms with Crippen LogP contribution in [0.25, 0.3) is 31.3 Å². The topological polar surface area (TPSA) is 12.9 Å². The van der Waals surface area contributed by atoms with Crippen LogP contribution < -0.4 is 0 Å². The van der Waals surface area contributed by atoms with Gasteiger partial charge in [-0.25, -0.2) is 0 Å². The lowest BCUT2D eigenvalue weighted by molar-refractivity contribution is 1.33. The van der Waals surface area contributed by atoms with Crippen molar-refractivity contribution in [3.8, 4) is 11.1 Å². The van der Waals surface area contributed by atoms with Crippen LogP contribution in [0.5, 0.6) is 0 Å². The van der Waals surface area contributed by atoms with E-state index in [9.17, 15) is 0 Å². The summed E-state index contributed by atoms with van der Waals surface area (Å²) in [7, 11) is 0. The van der Waals surface area contributed by atoms with E-state index < -0.39 is 0 Å². The molecule has 1 nitrogen and oxygen atoms in total. The molecule has 0 aliphatic rings. The maximum absolute atomic E-state index is 4.17. The minimum Gasteiger partial charge on any atom is -0.264 e. The van der Waals surface area contributed by atoms with Gasteiger partial charge in [-0.2, -0.15) is 0 Å². The molecule has 4 aromatic rings. The summed E-state index contributed by atoms with van der Waals surface area (Å²) >= 11 is 1.82. The van der Waals surface area contributed by atoms with Crippen LogP contribution in [0.1, 0.15) is 0 Å². The second kappa shape index (κ2) is 4.18. The highest BCUT2D eigenvalue weighted by atomic mass is 32.1. The molecule has 0 fully saturated rings. The molecule has 89 valence electrons. The Morgan fingerprint density at radius 1 is 0.947 bits per heavy atom. The zero-order chi connectivity index (χ0) is 12.7. The summed E-state index contributed by atoms with van der Waals surface area (Å²) < 4.78 is 2.61. The lowest BCUT2D eigenvalue weighted by Gasteiger charge is -2.00. The number of benzene rings is 2. The summed E-state index contributed by atoms with van der Waals surface area (Å²) in [6, 6.07) is 20.2. The fourth-order valence-corrected chi connectivity index (χ4v) is 3.43. The average molecular weight is 260 g/mol. The molecule has 19 heavy (non-hydrogen) atoms. The Morgan fingerprint density at radius 2 is 1.89 bits per heavy atom. The van der Waals surface area contributed by atoms with Crippen LogP contribution >= 0.6 is 11.3 Å². The van der Waals surface area contributed by atoms with Gasteiger partial charge in [0, 0.05) is 38.1 Å². The predicted molar refractivity (Wildman–Crippen MR) is 81.4 cm³/mol. The van der Waals surface area contributed by atoms with Gasteiger partial charge < -0.3 is 0 Å². The smallest absolute Gasteiger partial charge is 0.0362 e. The molecule has 2 heterocycles. The maximum Gasteiger partial charge on any atom is 0.0362 e. The molecule has 2 heteroatoms. The summed E-state index contributed by atoms with van der Waals surface area (Å²) in [6.07, 6.45) is 3.67. The van der Waals surface area contributed by atoms with Crippen molar-refractivity contribution in [2.24, 2.45) is 0 Å². The highest BCUT2D eigenvalue weighted by Crippen LogP contribution is 2.35. The summed E-state index contributed by atoms with van der Waals surface area (Å²) in [5.41, 5.74) is 2.21. The molecule has 0 atom stereocenters. The van der Waals surface area contributed by atoms with Crippen molar-refractivity contribution >= 4 is 31.5 Å². The first-order valence-electron chi connectivity index (χ1n) is 6.15. The van der Waals surface area contributed by atoms with Gasteiger partial charge in [0.1, 0.15) is 0 Å². The van der Waals surface area contributed by atoms with Crippen LogP contribution in [0.15, 0.2) is 60.9 Å². The molecular formula is C17H10NS. The quantitative estimate of drug-likeness (QED) is 0.473. The Balaban J connectivity index is 2.03. The fourth-order valence-electron chi connectivity index (χ4n) is 2.36. The van der Waals surface area contributed by atoms with Crippen LogP contribution in [0.2, 0.25) is 0 Å². The van der Waals surface area contributed by atoms with E-state index in [2.05, 4.69) is 53.5 Å². The van der Waals surface area contributed by atoms with Crippen LogP contribution in [-0.4, -0.2) is 4.98 Å². The minimum absolute atomic E-state index is 1.10. The first kappa shape index (κ1) is 10.7. The van der Waals surface area contributed by atoms with E-state index in [1.54, 1.807) is 6.20 Å². The van der Waals surface area contributed by atoms with Gasteiger partial charge in [0.15, 0.2) is 0 Å². The van der Waals surface area contributed by atoms with E-state index >= 15 is 0 Å². The molecule has 4 rings (SSSR count). The number of aromatic nitrogens is 1. The number of pyridine rings is 1. The Bertz CT molecular complexity index is 862. The van der Waals surface area contributed by atoms with E-state index in [4.69, 9.17) is 0 Å². The van der Waals surface area contributed by atoms with Crippen molar-refractivity contribution in [3.63, 3.8) is 0 Å². The third-order valence-corrected chi connectivity index (χ3v) is 4.42. The Kier molecular flexibility index (Phi) is 2.35. The van der Waals surface area contributed by atoms with E-state index in [1.165, 1.54) is 20.2 Å². The van der Waals surface area contributed by atoms with Gasteiger partial charge in [-0.15, -0.1) is 11.3 Å². The minimum atomic E-state index is 1.10. The molecule has 0 amide bonds. The Morgan fingerprint density at radius 3 is 2.79 bits per heavy atom. The van der Waals surface area contributed by atoms with Crippen LogP contribution in [0.4, 0.5) is 0 Å². The van der Waals surface area contributed by atoms with Gasteiger partial charge in [0.05, 0.1) is 0 Å². The summed E-state index contributed by atoms with van der Waals surface area (Å²) in [5, 5.41) is 2.62. The van der Waals surface area contributed by atoms with Gasteiger partial charge in [-0.3, -0.25) is 4.98 Å². The molecular weight excluding hydrogens is 250 g/mol. The van der Waals surface area contributed by atoms with Crippen molar-refractivity contribution in [1.82, 2.24) is 4.98 Å². The average Bonchev–Trinajstić information content (AvgIpc) is 2.86. The van der Waals surface area contributed by atoms with Gasteiger partial charge in [-0.1, -0.05) is 24.3 Å². The number of thiophene rings is 1. The van der Waals surface area contributed by atoms with E-state index in [-0.39, 0.29) is 0 Å². The molecule has 2 aromatic heterocycles. The van der Waals surface area contributed by atoms with Crippen molar-refractivity contribution in [1.29, 1.82) is 0 Å². The number of fused-ring (bicyclic) bond motifs is 3. The van der Waals surface area contributed by atoms with E-state index in [0.717, 1.165) is 11.1 Å². The molecule has 0 bridgehead atoms. The number of rotatable bonds is 1. The van der Waals surface area contributed by atoms with Gasteiger partial charge in [-0.05, 0) is 35.9 Å². The maximum atomic E-state index is 4.17. The van der Waals surface area contributed by atoms with Gasteiger partial charge in [0.25, 0.3) is 0 Å². The molecule has 0 aliphatic carbocycles. The largest absolute Gasteiger partial charge is 0.264 e. The van der Waals surface area contributed by atoms with E-state index in [1.807, 2.05) is 23.6 Å². The molecule has 0 saturated heterocycles. The lowest BCUT2D eigenvalue weighted by Crippen LogP contribution is -1.79. The number of hydrogen-bond donors (Lipinski definition) is 0. The molecule has 2 aromatic carbocycles. The highest BCUT2D eigenvalue weighted by molar-refractivity contribution is 7.25. The zero-order valence-electron chi connectivity index (χ0n) is 10.1. The fraction of sp³-hybridized carbons (Fsp3) is 0. The second-order valence-corrected chi connectivity index (χ2v) is 5.55. The molecule has 0 N–H and O–H groups in total. The van der Waals surface area contributed by atoms with Crippen molar-refractivity contribution in [2.75, 3.05) is 0 Å². The molecule has 0 aliphatic heterocycles. The van der Waals surface area contributed by atoms with Crippen molar-refractivity contribution in [2.45, 2.75) is 0 Å².